The molecule has 2 N–H and O–H groups in total. The molecule has 1 aliphatic rings. The van der Waals surface area contributed by atoms with Gasteiger partial charge in [-0.1, -0.05) is 6.92 Å². The molecule has 1 unspecified atom stereocenters. The van der Waals surface area contributed by atoms with Crippen molar-refractivity contribution in [1.82, 2.24) is 10.2 Å². The predicted molar refractivity (Wildman–Crippen MR) is 76.5 cm³/mol. The standard InChI is InChI=1S/C14H30N2O3/c1-3-16(13-5-6-13)8-7-15-11-14(17)12-19-10-9-18-4-2/h13-15,17H,3-12H2,1-2H3. The van der Waals surface area contributed by atoms with Gasteiger partial charge in [0.2, 0.25) is 0 Å². The van der Waals surface area contributed by atoms with Gasteiger partial charge in [0.1, 0.15) is 0 Å². The highest BCUT2D eigenvalue weighted by Gasteiger charge is 2.26. The molecule has 0 aromatic heterocycles. The van der Waals surface area contributed by atoms with E-state index >= 15 is 0 Å². The summed E-state index contributed by atoms with van der Waals surface area (Å²) in [7, 11) is 0. The topological polar surface area (TPSA) is 54.0 Å². The van der Waals surface area contributed by atoms with Crippen LogP contribution in [0, 0.1) is 0 Å². The molecule has 1 rings (SSSR count). The van der Waals surface area contributed by atoms with Crippen LogP contribution in [0.2, 0.25) is 0 Å². The fraction of sp³-hybridized carbons (Fsp3) is 1.00. The van der Waals surface area contributed by atoms with Gasteiger partial charge in [-0.15, -0.1) is 0 Å². The predicted octanol–water partition coefficient (Wildman–Crippen LogP) is 0.474. The summed E-state index contributed by atoms with van der Waals surface area (Å²) in [5.41, 5.74) is 0. The van der Waals surface area contributed by atoms with E-state index in [-0.39, 0.29) is 0 Å². The van der Waals surface area contributed by atoms with Crippen LogP contribution < -0.4 is 5.32 Å². The SMILES string of the molecule is CCOCCOCC(O)CNCCN(CC)C1CC1. The Kier molecular flexibility index (Phi) is 9.38. The van der Waals surface area contributed by atoms with Crippen molar-refractivity contribution in [3.8, 4) is 0 Å². The fourth-order valence-corrected chi connectivity index (χ4v) is 2.07. The molecule has 5 nitrogen and oxygen atoms in total. The lowest BCUT2D eigenvalue weighted by molar-refractivity contribution is 0.00642. The van der Waals surface area contributed by atoms with Crippen LogP contribution in [0.25, 0.3) is 0 Å². The van der Waals surface area contributed by atoms with E-state index in [9.17, 15) is 5.11 Å². The van der Waals surface area contributed by atoms with Crippen LogP contribution in [0.3, 0.4) is 0 Å². The van der Waals surface area contributed by atoms with Gasteiger partial charge in [-0.3, -0.25) is 4.90 Å². The molecule has 0 aliphatic heterocycles. The first-order valence-electron chi connectivity index (χ1n) is 7.56. The molecule has 1 aliphatic carbocycles. The summed E-state index contributed by atoms with van der Waals surface area (Å²) in [4.78, 5) is 2.50. The van der Waals surface area contributed by atoms with Gasteiger partial charge < -0.3 is 19.9 Å². The van der Waals surface area contributed by atoms with Crippen LogP contribution in [0.5, 0.6) is 0 Å². The van der Waals surface area contributed by atoms with Gasteiger partial charge in [0.15, 0.2) is 0 Å². The summed E-state index contributed by atoms with van der Waals surface area (Å²) < 4.78 is 10.5. The van der Waals surface area contributed by atoms with Gasteiger partial charge in [0, 0.05) is 32.3 Å². The maximum atomic E-state index is 9.71. The number of ether oxygens (including phenoxy) is 2. The lowest BCUT2D eigenvalue weighted by Gasteiger charge is -2.20. The Morgan fingerprint density at radius 3 is 2.63 bits per heavy atom. The van der Waals surface area contributed by atoms with Crippen molar-refractivity contribution in [2.24, 2.45) is 0 Å². The number of hydrogen-bond acceptors (Lipinski definition) is 5. The Morgan fingerprint density at radius 1 is 1.26 bits per heavy atom. The van der Waals surface area contributed by atoms with Crippen molar-refractivity contribution < 1.29 is 14.6 Å². The van der Waals surface area contributed by atoms with E-state index in [2.05, 4.69) is 17.1 Å². The first-order chi connectivity index (χ1) is 9.27. The second kappa shape index (κ2) is 10.6. The normalized spacial score (nSPS) is 17.1. The molecule has 0 spiro atoms. The van der Waals surface area contributed by atoms with E-state index in [1.807, 2.05) is 6.92 Å². The van der Waals surface area contributed by atoms with Crippen molar-refractivity contribution in [1.29, 1.82) is 0 Å². The number of aliphatic hydroxyl groups is 1. The molecule has 0 amide bonds. The zero-order valence-corrected chi connectivity index (χ0v) is 12.4. The molecule has 1 atom stereocenters. The summed E-state index contributed by atoms with van der Waals surface area (Å²) in [5, 5.41) is 13.0. The molecule has 1 saturated carbocycles. The third-order valence-corrected chi connectivity index (χ3v) is 3.31. The number of nitrogens with one attached hydrogen (secondary N) is 1. The van der Waals surface area contributed by atoms with Gasteiger partial charge in [-0.25, -0.2) is 0 Å². The molecule has 0 radical (unpaired) electrons. The fourth-order valence-electron chi connectivity index (χ4n) is 2.07. The maximum Gasteiger partial charge on any atom is 0.0897 e. The van der Waals surface area contributed by atoms with Gasteiger partial charge in [0.05, 0.1) is 25.9 Å². The van der Waals surface area contributed by atoms with Crippen molar-refractivity contribution in [3.63, 3.8) is 0 Å². The van der Waals surface area contributed by atoms with Gasteiger partial charge in [-0.2, -0.15) is 0 Å². The molecule has 0 aromatic rings. The molecule has 1 fully saturated rings. The van der Waals surface area contributed by atoms with Gasteiger partial charge in [0.25, 0.3) is 0 Å². The zero-order valence-electron chi connectivity index (χ0n) is 12.4. The number of rotatable bonds is 13. The van der Waals surface area contributed by atoms with Crippen molar-refractivity contribution in [2.45, 2.75) is 38.8 Å². The quantitative estimate of drug-likeness (QED) is 0.478. The largest absolute Gasteiger partial charge is 0.389 e. The third-order valence-electron chi connectivity index (χ3n) is 3.31. The second-order valence-electron chi connectivity index (χ2n) is 4.99. The van der Waals surface area contributed by atoms with Crippen LogP contribution in [-0.4, -0.2) is 74.8 Å². The van der Waals surface area contributed by atoms with E-state index in [0.717, 1.165) is 25.7 Å². The molecular formula is C14H30N2O3. The van der Waals surface area contributed by atoms with Gasteiger partial charge >= 0.3 is 0 Å². The van der Waals surface area contributed by atoms with E-state index in [1.165, 1.54) is 12.8 Å². The van der Waals surface area contributed by atoms with Crippen molar-refractivity contribution in [2.75, 3.05) is 52.6 Å². The molecule has 114 valence electrons. The zero-order chi connectivity index (χ0) is 13.9. The van der Waals surface area contributed by atoms with Crippen LogP contribution in [0.4, 0.5) is 0 Å². The minimum Gasteiger partial charge on any atom is -0.389 e. The number of likely N-dealkylation sites (N-methyl/N-ethyl adjacent to an activating group) is 1. The monoisotopic (exact) mass is 274 g/mol. The highest BCUT2D eigenvalue weighted by atomic mass is 16.5. The number of hydrogen-bond donors (Lipinski definition) is 2. The summed E-state index contributed by atoms with van der Waals surface area (Å²) in [6, 6.07) is 0.818. The molecule has 19 heavy (non-hydrogen) atoms. The first kappa shape index (κ1) is 16.9. The molecule has 5 heteroatoms. The van der Waals surface area contributed by atoms with Crippen LogP contribution in [0.1, 0.15) is 26.7 Å². The van der Waals surface area contributed by atoms with Crippen LogP contribution in [-0.2, 0) is 9.47 Å². The van der Waals surface area contributed by atoms with E-state index in [4.69, 9.17) is 9.47 Å². The number of aliphatic hydroxyl groups excluding tert-OH is 1. The third kappa shape index (κ3) is 8.55. The molecular weight excluding hydrogens is 244 g/mol. The smallest absolute Gasteiger partial charge is 0.0897 e. The maximum absolute atomic E-state index is 9.71. The Labute approximate surface area is 117 Å². The van der Waals surface area contributed by atoms with E-state index < -0.39 is 6.10 Å². The Bertz CT molecular complexity index is 213. The average molecular weight is 274 g/mol. The van der Waals surface area contributed by atoms with Gasteiger partial charge in [-0.05, 0) is 26.3 Å². The lowest BCUT2D eigenvalue weighted by atomic mass is 10.3. The average Bonchev–Trinajstić information content (AvgIpc) is 3.23. The number of nitrogens with zero attached hydrogens (tertiary/aromatic N) is 1. The Hall–Kier alpha value is -0.200. The van der Waals surface area contributed by atoms with E-state index in [0.29, 0.717) is 33.0 Å². The highest BCUT2D eigenvalue weighted by molar-refractivity contribution is 4.84. The highest BCUT2D eigenvalue weighted by Crippen LogP contribution is 2.25. The van der Waals surface area contributed by atoms with Crippen LogP contribution >= 0.6 is 0 Å². The second-order valence-corrected chi connectivity index (χ2v) is 4.99. The van der Waals surface area contributed by atoms with Crippen molar-refractivity contribution >= 4 is 0 Å². The molecule has 0 bridgehead atoms. The molecule has 0 aromatic carbocycles. The minimum atomic E-state index is -0.433. The van der Waals surface area contributed by atoms with E-state index in [1.54, 1.807) is 0 Å². The lowest BCUT2D eigenvalue weighted by Crippen LogP contribution is -2.37. The molecule has 0 heterocycles. The minimum absolute atomic E-state index is 0.375. The van der Waals surface area contributed by atoms with Crippen molar-refractivity contribution in [3.05, 3.63) is 0 Å². The Morgan fingerprint density at radius 2 is 2.00 bits per heavy atom. The summed E-state index contributed by atoms with van der Waals surface area (Å²) in [5.74, 6) is 0. The van der Waals surface area contributed by atoms with Crippen LogP contribution in [0.15, 0.2) is 0 Å². The summed E-state index contributed by atoms with van der Waals surface area (Å²) in [6.45, 7) is 10.1. The summed E-state index contributed by atoms with van der Waals surface area (Å²) >= 11 is 0. The summed E-state index contributed by atoms with van der Waals surface area (Å²) in [6.07, 6.45) is 2.27. The Balaban J connectivity index is 1.87. The first-order valence-corrected chi connectivity index (χ1v) is 7.56. The molecule has 0 saturated heterocycles.